The summed E-state index contributed by atoms with van der Waals surface area (Å²) in [5.74, 6) is 0.572. The molecule has 0 spiro atoms. The minimum Gasteiger partial charge on any atom is -0.372 e. The predicted molar refractivity (Wildman–Crippen MR) is 42.4 cm³/mol. The second-order valence-electron chi connectivity index (χ2n) is 3.42. The van der Waals surface area contributed by atoms with Gasteiger partial charge in [0, 0.05) is 5.92 Å². The Balaban J connectivity index is 2.06. The van der Waals surface area contributed by atoms with Crippen molar-refractivity contribution in [3.8, 4) is 0 Å². The maximum Gasteiger partial charge on any atom is 0.0869 e. The summed E-state index contributed by atoms with van der Waals surface area (Å²) in [7, 11) is 0. The molecule has 2 heterocycles. The molecule has 2 aliphatic heterocycles. The van der Waals surface area contributed by atoms with Crippen LogP contribution in [0.5, 0.6) is 0 Å². The van der Waals surface area contributed by atoms with E-state index in [2.05, 4.69) is 13.5 Å². The van der Waals surface area contributed by atoms with E-state index in [1.54, 1.807) is 0 Å². The minimum absolute atomic E-state index is 0.241. The van der Waals surface area contributed by atoms with Crippen molar-refractivity contribution in [3.63, 3.8) is 0 Å². The largest absolute Gasteiger partial charge is 0.372 e. The van der Waals surface area contributed by atoms with Crippen molar-refractivity contribution in [1.29, 1.82) is 0 Å². The van der Waals surface area contributed by atoms with Gasteiger partial charge in [0.2, 0.25) is 0 Å². The first-order valence-electron chi connectivity index (χ1n) is 4.21. The van der Waals surface area contributed by atoms with Crippen LogP contribution < -0.4 is 0 Å². The molecule has 0 radical (unpaired) electrons. The summed E-state index contributed by atoms with van der Waals surface area (Å²) in [4.78, 5) is 0. The van der Waals surface area contributed by atoms with Gasteiger partial charge in [0.1, 0.15) is 0 Å². The predicted octanol–water partition coefficient (Wildman–Crippen LogP) is 1.36. The molecule has 2 nitrogen and oxygen atoms in total. The Kier molecular flexibility index (Phi) is 1.74. The Morgan fingerprint density at radius 1 is 1.55 bits per heavy atom. The Labute approximate surface area is 67.2 Å². The molecule has 4 unspecified atom stereocenters. The van der Waals surface area contributed by atoms with Gasteiger partial charge in [-0.1, -0.05) is 6.08 Å². The quantitative estimate of drug-likeness (QED) is 0.531. The zero-order valence-corrected chi connectivity index (χ0v) is 6.82. The maximum absolute atomic E-state index is 5.64. The van der Waals surface area contributed by atoms with Gasteiger partial charge >= 0.3 is 0 Å². The Morgan fingerprint density at radius 3 is 3.09 bits per heavy atom. The van der Waals surface area contributed by atoms with Crippen LogP contribution in [0.4, 0.5) is 0 Å². The summed E-state index contributed by atoms with van der Waals surface area (Å²) in [6.07, 6.45) is 4.02. The molecular weight excluding hydrogens is 140 g/mol. The molecule has 2 aliphatic rings. The summed E-state index contributed by atoms with van der Waals surface area (Å²) in [6.45, 7) is 6.63. The van der Waals surface area contributed by atoms with Gasteiger partial charge in [-0.2, -0.15) is 0 Å². The van der Waals surface area contributed by atoms with Gasteiger partial charge in [-0.05, 0) is 13.3 Å². The molecule has 0 aromatic heterocycles. The van der Waals surface area contributed by atoms with Gasteiger partial charge in [-0.15, -0.1) is 6.58 Å². The Morgan fingerprint density at radius 2 is 2.36 bits per heavy atom. The average Bonchev–Trinajstić information content (AvgIpc) is 2.45. The highest BCUT2D eigenvalue weighted by molar-refractivity contribution is 4.98. The van der Waals surface area contributed by atoms with Crippen molar-refractivity contribution in [1.82, 2.24) is 0 Å². The molecule has 0 amide bonds. The standard InChI is InChI=1S/C9H14O2/c1-3-8-7-4-6(2)11-9(7)5-10-8/h3,6-9H,1,4-5H2,2H3. The first kappa shape index (κ1) is 7.32. The first-order valence-corrected chi connectivity index (χ1v) is 4.21. The van der Waals surface area contributed by atoms with E-state index in [0.29, 0.717) is 18.1 Å². The zero-order valence-electron chi connectivity index (χ0n) is 6.82. The Bertz CT molecular complexity index is 167. The summed E-state index contributed by atoms with van der Waals surface area (Å²) < 4.78 is 11.1. The van der Waals surface area contributed by atoms with Crippen molar-refractivity contribution >= 4 is 0 Å². The Hall–Kier alpha value is -0.340. The molecule has 0 aromatic rings. The second-order valence-corrected chi connectivity index (χ2v) is 3.42. The van der Waals surface area contributed by atoms with Crippen molar-refractivity contribution < 1.29 is 9.47 Å². The third kappa shape index (κ3) is 1.10. The summed E-state index contributed by atoms with van der Waals surface area (Å²) >= 11 is 0. The van der Waals surface area contributed by atoms with Gasteiger partial charge in [0.15, 0.2) is 0 Å². The third-order valence-electron chi connectivity index (χ3n) is 2.60. The smallest absolute Gasteiger partial charge is 0.0869 e. The molecule has 0 saturated carbocycles. The molecule has 2 heteroatoms. The number of fused-ring (bicyclic) bond motifs is 1. The van der Waals surface area contributed by atoms with Crippen LogP contribution in [-0.2, 0) is 9.47 Å². The summed E-state index contributed by atoms with van der Waals surface area (Å²) in [6, 6.07) is 0. The number of ether oxygens (including phenoxy) is 2. The maximum atomic E-state index is 5.64. The van der Waals surface area contributed by atoms with Gasteiger partial charge in [-0.3, -0.25) is 0 Å². The van der Waals surface area contributed by atoms with Crippen LogP contribution in [0.2, 0.25) is 0 Å². The van der Waals surface area contributed by atoms with Crippen molar-refractivity contribution in [2.24, 2.45) is 5.92 Å². The second kappa shape index (κ2) is 2.61. The van der Waals surface area contributed by atoms with Crippen LogP contribution in [0.25, 0.3) is 0 Å². The normalized spacial score (nSPS) is 49.2. The molecule has 4 atom stereocenters. The fourth-order valence-corrected chi connectivity index (χ4v) is 2.07. The van der Waals surface area contributed by atoms with Crippen LogP contribution in [0.15, 0.2) is 12.7 Å². The molecule has 2 rings (SSSR count). The minimum atomic E-state index is 0.241. The lowest BCUT2D eigenvalue weighted by atomic mass is 9.96. The fourth-order valence-electron chi connectivity index (χ4n) is 2.07. The molecule has 0 bridgehead atoms. The highest BCUT2D eigenvalue weighted by atomic mass is 16.6. The van der Waals surface area contributed by atoms with Crippen molar-refractivity contribution in [2.45, 2.75) is 31.7 Å². The first-order chi connectivity index (χ1) is 5.31. The topological polar surface area (TPSA) is 18.5 Å². The van der Waals surface area contributed by atoms with E-state index in [1.165, 1.54) is 0 Å². The van der Waals surface area contributed by atoms with E-state index < -0.39 is 0 Å². The molecule has 2 fully saturated rings. The van der Waals surface area contributed by atoms with E-state index >= 15 is 0 Å². The summed E-state index contributed by atoms with van der Waals surface area (Å²) in [5, 5.41) is 0. The van der Waals surface area contributed by atoms with Crippen molar-refractivity contribution in [2.75, 3.05) is 6.61 Å². The van der Waals surface area contributed by atoms with Gasteiger partial charge in [-0.25, -0.2) is 0 Å². The van der Waals surface area contributed by atoms with E-state index in [0.717, 1.165) is 13.0 Å². The molecule has 62 valence electrons. The molecule has 0 aliphatic carbocycles. The number of hydrogen-bond acceptors (Lipinski definition) is 2. The fraction of sp³-hybridized carbons (Fsp3) is 0.778. The van der Waals surface area contributed by atoms with E-state index in [4.69, 9.17) is 9.47 Å². The molecule has 0 N–H and O–H groups in total. The molecule has 2 saturated heterocycles. The number of hydrogen-bond donors (Lipinski definition) is 0. The molecule has 0 aromatic carbocycles. The lowest BCUT2D eigenvalue weighted by Crippen LogP contribution is -2.17. The zero-order chi connectivity index (χ0) is 7.84. The SMILES string of the molecule is C=CC1OCC2OC(C)CC12. The average molecular weight is 154 g/mol. The van der Waals surface area contributed by atoms with Gasteiger partial charge in [0.25, 0.3) is 0 Å². The molecular formula is C9H14O2. The van der Waals surface area contributed by atoms with E-state index in [-0.39, 0.29) is 6.10 Å². The molecule has 11 heavy (non-hydrogen) atoms. The highest BCUT2D eigenvalue weighted by Gasteiger charge is 2.42. The summed E-state index contributed by atoms with van der Waals surface area (Å²) in [5.41, 5.74) is 0. The van der Waals surface area contributed by atoms with Crippen LogP contribution in [0, 0.1) is 5.92 Å². The lowest BCUT2D eigenvalue weighted by Gasteiger charge is -2.09. The monoisotopic (exact) mass is 154 g/mol. The van der Waals surface area contributed by atoms with Crippen LogP contribution >= 0.6 is 0 Å². The van der Waals surface area contributed by atoms with Crippen LogP contribution in [0.1, 0.15) is 13.3 Å². The van der Waals surface area contributed by atoms with E-state index in [9.17, 15) is 0 Å². The third-order valence-corrected chi connectivity index (χ3v) is 2.60. The van der Waals surface area contributed by atoms with Crippen molar-refractivity contribution in [3.05, 3.63) is 12.7 Å². The highest BCUT2D eigenvalue weighted by Crippen LogP contribution is 2.35. The van der Waals surface area contributed by atoms with Gasteiger partial charge in [0.05, 0.1) is 24.9 Å². The van der Waals surface area contributed by atoms with Gasteiger partial charge < -0.3 is 9.47 Å². The lowest BCUT2D eigenvalue weighted by molar-refractivity contribution is 0.0229. The number of rotatable bonds is 1. The van der Waals surface area contributed by atoms with Crippen LogP contribution in [0.3, 0.4) is 0 Å². The van der Waals surface area contributed by atoms with E-state index in [1.807, 2.05) is 6.08 Å². The van der Waals surface area contributed by atoms with Crippen LogP contribution in [-0.4, -0.2) is 24.9 Å².